The molecule has 1 amide bonds. The summed E-state index contributed by atoms with van der Waals surface area (Å²) >= 11 is 0. The second-order valence-electron chi connectivity index (χ2n) is 13.8. The summed E-state index contributed by atoms with van der Waals surface area (Å²) in [6.45, 7) is 3.46. The van der Waals surface area contributed by atoms with Gasteiger partial charge in [-0.15, -0.1) is 10.2 Å². The Morgan fingerprint density at radius 3 is 1.58 bits per heavy atom. The minimum atomic E-state index is -1.26. The monoisotopic (exact) mass is 752 g/mol. The number of nitrogens with zero attached hydrogens (tertiary/aromatic N) is 3. The number of aliphatic carboxylic acids is 1. The van der Waals surface area contributed by atoms with Gasteiger partial charge in [0.25, 0.3) is 0 Å². The van der Waals surface area contributed by atoms with Crippen LogP contribution in [0.2, 0.25) is 0 Å². The molecule has 0 saturated carbocycles. The van der Waals surface area contributed by atoms with E-state index in [1.807, 2.05) is 13.8 Å². The van der Waals surface area contributed by atoms with Gasteiger partial charge in [0.2, 0.25) is 5.91 Å². The van der Waals surface area contributed by atoms with Crippen LogP contribution in [-0.4, -0.2) is 61.5 Å². The number of hydrogen-bond donors (Lipinski definition) is 4. The molecule has 1 heterocycles. The number of rotatable bonds is 34. The summed E-state index contributed by atoms with van der Waals surface area (Å²) in [5, 5.41) is 45.0. The van der Waals surface area contributed by atoms with Crippen LogP contribution in [0.1, 0.15) is 180 Å². The van der Waals surface area contributed by atoms with Gasteiger partial charge in [-0.2, -0.15) is 5.21 Å². The van der Waals surface area contributed by atoms with E-state index in [-0.39, 0.29) is 47.7 Å². The Morgan fingerprint density at radius 1 is 0.679 bits per heavy atom. The Labute approximate surface area is 344 Å². The van der Waals surface area contributed by atoms with Crippen molar-refractivity contribution in [2.75, 3.05) is 6.54 Å². The number of carboxylic acids is 1. The zero-order valence-electron chi connectivity index (χ0n) is 33.8. The zero-order chi connectivity index (χ0) is 38.2. The molecule has 0 aliphatic rings. The van der Waals surface area contributed by atoms with Gasteiger partial charge in [0.15, 0.2) is 5.82 Å². The number of allylic oxidation sites excluding steroid dienone is 8. The number of carbonyl (C=O) groups is 2. The van der Waals surface area contributed by atoms with Crippen LogP contribution in [-0.2, 0) is 16.0 Å². The number of aliphatic hydroxyl groups excluding tert-OH is 2. The van der Waals surface area contributed by atoms with Gasteiger partial charge in [-0.3, -0.25) is 4.79 Å². The fraction of sp³-hybridized carbons (Fsp3) is 0.738. The van der Waals surface area contributed by atoms with E-state index in [1.165, 1.54) is 77.0 Å². The van der Waals surface area contributed by atoms with E-state index in [4.69, 9.17) is 5.11 Å². The molecule has 53 heavy (non-hydrogen) atoms. The maximum atomic E-state index is 11.3. The third-order valence-electron chi connectivity index (χ3n) is 8.65. The van der Waals surface area contributed by atoms with Gasteiger partial charge < -0.3 is 25.4 Å². The number of aromatic amines is 1. The number of hydrogen-bond acceptors (Lipinski definition) is 8. The molecule has 1 rings (SSSR count). The summed E-state index contributed by atoms with van der Waals surface area (Å²) in [6, 6.07) is 0. The van der Waals surface area contributed by atoms with Crippen LogP contribution in [0.5, 0.6) is 0 Å². The Kier molecular flexibility index (Phi) is 42.6. The molecule has 1 aromatic rings. The predicted octanol–water partition coefficient (Wildman–Crippen LogP) is 5.34. The summed E-state index contributed by atoms with van der Waals surface area (Å²) in [6.07, 6.45) is 45.9. The van der Waals surface area contributed by atoms with Gasteiger partial charge in [-0.1, -0.05) is 99.3 Å². The number of aliphatic hydroxyl groups is 2. The molecular formula is C42H74N5NaO5. The van der Waals surface area contributed by atoms with Crippen LogP contribution >= 0.6 is 0 Å². The standard InChI is InChI=1S/C22H39NO4.C20H36N4O.Na/c1-2-20(24)17-15-13-11-9-7-5-3-4-6-8-10-12-14-16-18-21(25)23-19-22(26)27;1-19(25)17-15-13-11-9-7-5-3-2-4-6-8-10-12-14-16-18-20-21-23-24-22-20;/h10-13,20,24H,2-9,14-19H2,1H3,(H,23,25)(H,26,27);9-12,19,25H,2-8,13-18H2,1H3,(H,21,22,23,24);/q;;+1/p-1/b12-10-,13-11-;11-9-,12-10-;. The topological polar surface area (TPSA) is 164 Å². The molecule has 298 valence electrons. The number of nitrogens with one attached hydrogen (secondary N) is 2. The predicted molar refractivity (Wildman–Crippen MR) is 211 cm³/mol. The zero-order valence-corrected chi connectivity index (χ0v) is 35.8. The van der Waals surface area contributed by atoms with Crippen molar-refractivity contribution in [2.24, 2.45) is 0 Å². The number of aryl methyl sites for hydroxylation is 1. The van der Waals surface area contributed by atoms with Crippen LogP contribution in [0.3, 0.4) is 0 Å². The number of unbranched alkanes of at least 4 members (excludes halogenated alkanes) is 15. The van der Waals surface area contributed by atoms with Crippen LogP contribution in [0.25, 0.3) is 0 Å². The SMILES string of the molecule is CC(O)CCC/C=C\CCCCCCC/C=C\CCCc1nn[nH]n1.CCC(O)CC/C=C\CCCCCCC/C=C\CCCC(=O)NCC(=O)[O-].[Na+]. The maximum absolute atomic E-state index is 11.3. The minimum absolute atomic E-state index is 0. The van der Waals surface area contributed by atoms with E-state index in [9.17, 15) is 19.8 Å². The van der Waals surface area contributed by atoms with E-state index in [0.29, 0.717) is 6.42 Å². The van der Waals surface area contributed by atoms with Gasteiger partial charge in [-0.25, -0.2) is 0 Å². The Bertz CT molecular complexity index is 1050. The summed E-state index contributed by atoms with van der Waals surface area (Å²) in [7, 11) is 0. The molecule has 10 nitrogen and oxygen atoms in total. The van der Waals surface area contributed by atoms with Crippen molar-refractivity contribution in [1.82, 2.24) is 25.9 Å². The number of carboxylic acid groups (broad SMARTS) is 1. The molecule has 1 aromatic heterocycles. The third kappa shape index (κ3) is 44.2. The number of H-pyrrole nitrogens is 1. The normalized spacial score (nSPS) is 12.7. The quantitative estimate of drug-likeness (QED) is 0.0417. The fourth-order valence-corrected chi connectivity index (χ4v) is 5.38. The number of amides is 1. The van der Waals surface area contributed by atoms with Crippen LogP contribution in [0.15, 0.2) is 48.6 Å². The van der Waals surface area contributed by atoms with Crippen molar-refractivity contribution in [3.05, 3.63) is 54.4 Å². The van der Waals surface area contributed by atoms with Crippen molar-refractivity contribution in [3.8, 4) is 0 Å². The van der Waals surface area contributed by atoms with Crippen molar-refractivity contribution in [1.29, 1.82) is 0 Å². The molecule has 0 aliphatic heterocycles. The van der Waals surface area contributed by atoms with Gasteiger partial charge >= 0.3 is 29.6 Å². The van der Waals surface area contributed by atoms with Crippen LogP contribution < -0.4 is 40.0 Å². The molecule has 0 spiro atoms. The van der Waals surface area contributed by atoms with Gasteiger partial charge in [0.05, 0.1) is 24.7 Å². The van der Waals surface area contributed by atoms with Gasteiger partial charge in [0.1, 0.15) is 0 Å². The molecule has 0 aromatic carbocycles. The smallest absolute Gasteiger partial charge is 0.548 e. The van der Waals surface area contributed by atoms with E-state index in [1.54, 1.807) is 0 Å². The summed E-state index contributed by atoms with van der Waals surface area (Å²) < 4.78 is 0. The van der Waals surface area contributed by atoms with Crippen LogP contribution in [0, 0.1) is 0 Å². The van der Waals surface area contributed by atoms with Crippen LogP contribution in [0.4, 0.5) is 0 Å². The van der Waals surface area contributed by atoms with Gasteiger partial charge in [-0.05, 0) is 122 Å². The Morgan fingerprint density at radius 2 is 1.13 bits per heavy atom. The molecule has 0 fully saturated rings. The van der Waals surface area contributed by atoms with Gasteiger partial charge in [0, 0.05) is 12.8 Å². The number of tetrazole rings is 1. The molecule has 0 saturated heterocycles. The summed E-state index contributed by atoms with van der Waals surface area (Å²) in [5.41, 5.74) is 0. The average molecular weight is 752 g/mol. The largest absolute Gasteiger partial charge is 1.00 e. The Balaban J connectivity index is 0. The van der Waals surface area contributed by atoms with Crippen molar-refractivity contribution < 1.29 is 54.5 Å². The summed E-state index contributed by atoms with van der Waals surface area (Å²) in [4.78, 5) is 21.5. The molecule has 4 N–H and O–H groups in total. The van der Waals surface area contributed by atoms with E-state index < -0.39 is 12.5 Å². The molecule has 2 atom stereocenters. The molecule has 0 aliphatic carbocycles. The summed E-state index contributed by atoms with van der Waals surface area (Å²) in [5.74, 6) is -0.688. The van der Waals surface area contributed by atoms with E-state index in [2.05, 4.69) is 74.5 Å². The first kappa shape index (κ1) is 53.0. The molecule has 0 bridgehead atoms. The first-order valence-electron chi connectivity index (χ1n) is 20.5. The second-order valence-corrected chi connectivity index (χ2v) is 13.8. The first-order chi connectivity index (χ1) is 25.3. The molecule has 0 radical (unpaired) electrons. The van der Waals surface area contributed by atoms with Crippen molar-refractivity contribution in [2.45, 2.75) is 193 Å². The third-order valence-corrected chi connectivity index (χ3v) is 8.65. The number of carbonyl (C=O) groups excluding carboxylic acids is 2. The maximum Gasteiger partial charge on any atom is 1.00 e. The molecular weight excluding hydrogens is 677 g/mol. The fourth-order valence-electron chi connectivity index (χ4n) is 5.38. The van der Waals surface area contributed by atoms with E-state index in [0.717, 1.165) is 89.3 Å². The minimum Gasteiger partial charge on any atom is -0.548 e. The number of aromatic nitrogens is 4. The van der Waals surface area contributed by atoms with Crippen molar-refractivity contribution >= 4 is 11.9 Å². The molecule has 11 heteroatoms. The Hall–Kier alpha value is -2.11. The molecule has 2 unspecified atom stereocenters. The second kappa shape index (κ2) is 42.6. The van der Waals surface area contributed by atoms with Crippen molar-refractivity contribution in [3.63, 3.8) is 0 Å². The average Bonchev–Trinajstić information content (AvgIpc) is 3.65. The first-order valence-corrected chi connectivity index (χ1v) is 20.5. The van der Waals surface area contributed by atoms with E-state index >= 15 is 0 Å².